The van der Waals surface area contributed by atoms with E-state index in [1.165, 1.54) is 0 Å². The van der Waals surface area contributed by atoms with E-state index < -0.39 is 0 Å². The smallest absolute Gasteiger partial charge is 0.0627 e. The van der Waals surface area contributed by atoms with Gasteiger partial charge in [-0.2, -0.15) is 5.10 Å². The van der Waals surface area contributed by atoms with Crippen LogP contribution in [0.2, 0.25) is 0 Å². The molecule has 0 spiro atoms. The summed E-state index contributed by atoms with van der Waals surface area (Å²) < 4.78 is 2.00. The largest absolute Gasteiger partial charge is 0.270 e. The average Bonchev–Trinajstić information content (AvgIpc) is 2.62. The molecule has 1 aromatic heterocycles. The highest BCUT2D eigenvalue weighted by molar-refractivity contribution is 6.18. The van der Waals surface area contributed by atoms with Crippen LogP contribution in [0.4, 0.5) is 0 Å². The van der Waals surface area contributed by atoms with E-state index >= 15 is 0 Å². The van der Waals surface area contributed by atoms with Gasteiger partial charge < -0.3 is 0 Å². The Labute approximate surface area is 91.3 Å². The second-order valence-electron chi connectivity index (χ2n) is 4.01. The lowest BCUT2D eigenvalue weighted by Gasteiger charge is -2.08. The molecule has 1 atom stereocenters. The van der Waals surface area contributed by atoms with E-state index in [0.29, 0.717) is 12.0 Å². The molecule has 0 aliphatic heterocycles. The Morgan fingerprint density at radius 2 is 2.21 bits per heavy atom. The lowest BCUT2D eigenvalue weighted by Crippen LogP contribution is -2.07. The topological polar surface area (TPSA) is 17.8 Å². The Hall–Kier alpha value is -0.500. The fourth-order valence-corrected chi connectivity index (χ4v) is 1.70. The number of rotatable bonds is 5. The van der Waals surface area contributed by atoms with Gasteiger partial charge in [0.1, 0.15) is 0 Å². The van der Waals surface area contributed by atoms with Crippen LogP contribution < -0.4 is 0 Å². The van der Waals surface area contributed by atoms with Crippen molar-refractivity contribution >= 4 is 11.6 Å². The zero-order valence-corrected chi connectivity index (χ0v) is 9.96. The van der Waals surface area contributed by atoms with Gasteiger partial charge in [-0.05, 0) is 32.3 Å². The van der Waals surface area contributed by atoms with E-state index in [-0.39, 0.29) is 0 Å². The van der Waals surface area contributed by atoms with Crippen molar-refractivity contribution in [3.05, 3.63) is 18.0 Å². The normalized spacial score (nSPS) is 13.5. The molecule has 3 heteroatoms. The van der Waals surface area contributed by atoms with Crippen molar-refractivity contribution in [2.24, 2.45) is 5.92 Å². The summed E-state index contributed by atoms with van der Waals surface area (Å²) >= 11 is 5.85. The molecular weight excluding hydrogens is 196 g/mol. The molecule has 0 saturated heterocycles. The van der Waals surface area contributed by atoms with Gasteiger partial charge in [-0.15, -0.1) is 11.6 Å². The van der Waals surface area contributed by atoms with E-state index in [9.17, 15) is 0 Å². The summed E-state index contributed by atoms with van der Waals surface area (Å²) in [6, 6.07) is 2.54. The summed E-state index contributed by atoms with van der Waals surface area (Å²) in [6.45, 7) is 6.44. The second-order valence-corrected chi connectivity index (χ2v) is 4.32. The van der Waals surface area contributed by atoms with Crippen LogP contribution in [0.15, 0.2) is 12.3 Å². The van der Waals surface area contributed by atoms with Crippen molar-refractivity contribution in [3.8, 4) is 0 Å². The van der Waals surface area contributed by atoms with Crippen molar-refractivity contribution in [3.63, 3.8) is 0 Å². The lowest BCUT2D eigenvalue weighted by molar-refractivity contribution is 0.508. The van der Waals surface area contributed by atoms with Gasteiger partial charge in [-0.25, -0.2) is 0 Å². The number of nitrogens with zero attached hydrogens (tertiary/aromatic N) is 2. The first kappa shape index (κ1) is 11.6. The Morgan fingerprint density at radius 3 is 2.64 bits per heavy atom. The molecule has 1 rings (SSSR count). The molecule has 2 nitrogen and oxygen atoms in total. The molecule has 0 amide bonds. The fourth-order valence-electron chi connectivity index (χ4n) is 1.38. The first-order valence-electron chi connectivity index (χ1n) is 5.27. The van der Waals surface area contributed by atoms with Gasteiger partial charge >= 0.3 is 0 Å². The lowest BCUT2D eigenvalue weighted by atomic mass is 10.0. The average molecular weight is 215 g/mol. The van der Waals surface area contributed by atoms with E-state index in [1.807, 2.05) is 10.9 Å². The van der Waals surface area contributed by atoms with E-state index in [0.717, 1.165) is 24.4 Å². The molecule has 0 aliphatic rings. The van der Waals surface area contributed by atoms with Crippen LogP contribution in [-0.4, -0.2) is 15.7 Å². The molecule has 1 unspecified atom stereocenters. The minimum absolute atomic E-state index is 0.444. The molecule has 0 saturated carbocycles. The standard InChI is InChI=1S/C11H19ClN2/c1-4-10(8-12)7-11-5-6-14(13-11)9(2)3/h5-6,9-10H,4,7-8H2,1-3H3. The predicted molar refractivity (Wildman–Crippen MR) is 60.8 cm³/mol. The zero-order chi connectivity index (χ0) is 10.6. The maximum absolute atomic E-state index is 5.85. The Bertz CT molecular complexity index is 264. The molecule has 0 aliphatic carbocycles. The molecule has 0 aromatic carbocycles. The molecular formula is C11H19ClN2. The summed E-state index contributed by atoms with van der Waals surface area (Å²) in [4.78, 5) is 0. The van der Waals surface area contributed by atoms with Crippen LogP contribution in [-0.2, 0) is 6.42 Å². The molecule has 0 bridgehead atoms. The minimum Gasteiger partial charge on any atom is -0.270 e. The minimum atomic E-state index is 0.444. The molecule has 80 valence electrons. The highest BCUT2D eigenvalue weighted by Gasteiger charge is 2.08. The maximum Gasteiger partial charge on any atom is 0.0627 e. The van der Waals surface area contributed by atoms with E-state index in [4.69, 9.17) is 11.6 Å². The fraction of sp³-hybridized carbons (Fsp3) is 0.727. The van der Waals surface area contributed by atoms with Gasteiger partial charge in [0.2, 0.25) is 0 Å². The zero-order valence-electron chi connectivity index (χ0n) is 9.20. The first-order chi connectivity index (χ1) is 6.67. The number of halogens is 1. The second kappa shape index (κ2) is 5.40. The van der Waals surface area contributed by atoms with Gasteiger partial charge in [0, 0.05) is 18.1 Å². The molecule has 0 N–H and O–H groups in total. The summed E-state index contributed by atoms with van der Waals surface area (Å²) in [6.07, 6.45) is 4.17. The number of hydrogen-bond donors (Lipinski definition) is 0. The van der Waals surface area contributed by atoms with Gasteiger partial charge in [0.05, 0.1) is 5.69 Å². The van der Waals surface area contributed by atoms with E-state index in [1.54, 1.807) is 0 Å². The van der Waals surface area contributed by atoms with Crippen molar-refractivity contribution in [2.45, 2.75) is 39.7 Å². The van der Waals surface area contributed by atoms with Crippen LogP contribution in [0.5, 0.6) is 0 Å². The van der Waals surface area contributed by atoms with Crippen molar-refractivity contribution in [2.75, 3.05) is 5.88 Å². The molecule has 1 heterocycles. The number of hydrogen-bond acceptors (Lipinski definition) is 1. The van der Waals surface area contributed by atoms with Crippen LogP contribution in [0.3, 0.4) is 0 Å². The Morgan fingerprint density at radius 1 is 1.50 bits per heavy atom. The molecule has 0 fully saturated rings. The van der Waals surface area contributed by atoms with E-state index in [2.05, 4.69) is 31.9 Å². The molecule has 14 heavy (non-hydrogen) atoms. The molecule has 0 radical (unpaired) electrons. The highest BCUT2D eigenvalue weighted by atomic mass is 35.5. The van der Waals surface area contributed by atoms with Gasteiger partial charge in [0.15, 0.2) is 0 Å². The van der Waals surface area contributed by atoms with Crippen LogP contribution in [0.1, 0.15) is 38.9 Å². The summed E-state index contributed by atoms with van der Waals surface area (Å²) in [5.41, 5.74) is 1.16. The third-order valence-corrected chi connectivity index (χ3v) is 2.92. The van der Waals surface area contributed by atoms with Crippen LogP contribution in [0.25, 0.3) is 0 Å². The SMILES string of the molecule is CCC(CCl)Cc1ccn(C(C)C)n1. The quantitative estimate of drug-likeness (QED) is 0.688. The van der Waals surface area contributed by atoms with Gasteiger partial charge in [0.25, 0.3) is 0 Å². The summed E-state index contributed by atoms with van der Waals surface area (Å²) in [5.74, 6) is 1.29. The number of aromatic nitrogens is 2. The third kappa shape index (κ3) is 3.02. The van der Waals surface area contributed by atoms with Crippen molar-refractivity contribution < 1.29 is 0 Å². The van der Waals surface area contributed by atoms with Gasteiger partial charge in [-0.1, -0.05) is 13.3 Å². The summed E-state index contributed by atoms with van der Waals surface area (Å²) in [5, 5.41) is 4.50. The first-order valence-corrected chi connectivity index (χ1v) is 5.80. The maximum atomic E-state index is 5.85. The predicted octanol–water partition coefficient (Wildman–Crippen LogP) is 3.27. The highest BCUT2D eigenvalue weighted by Crippen LogP contribution is 2.13. The van der Waals surface area contributed by atoms with Crippen molar-refractivity contribution in [1.82, 2.24) is 9.78 Å². The third-order valence-electron chi connectivity index (χ3n) is 2.49. The number of alkyl halides is 1. The Balaban J connectivity index is 2.58. The molecule has 1 aromatic rings. The van der Waals surface area contributed by atoms with Crippen LogP contribution in [0, 0.1) is 5.92 Å². The summed E-state index contributed by atoms with van der Waals surface area (Å²) in [7, 11) is 0. The van der Waals surface area contributed by atoms with Gasteiger partial charge in [-0.3, -0.25) is 4.68 Å². The Kier molecular flexibility index (Phi) is 4.46. The van der Waals surface area contributed by atoms with Crippen LogP contribution >= 0.6 is 11.6 Å². The van der Waals surface area contributed by atoms with Crippen molar-refractivity contribution in [1.29, 1.82) is 0 Å². The monoisotopic (exact) mass is 214 g/mol.